The molecular weight excluding hydrogens is 398 g/mol. The molecule has 1 aromatic rings. The van der Waals surface area contributed by atoms with Crippen LogP contribution < -0.4 is 19.5 Å². The van der Waals surface area contributed by atoms with Gasteiger partial charge < -0.3 is 24.4 Å². The molecule has 0 spiro atoms. The molecule has 1 saturated heterocycles. The van der Waals surface area contributed by atoms with Crippen molar-refractivity contribution in [2.24, 2.45) is 5.92 Å². The van der Waals surface area contributed by atoms with Crippen LogP contribution in [0, 0.1) is 5.92 Å². The van der Waals surface area contributed by atoms with Gasteiger partial charge in [-0.05, 0) is 18.8 Å². The van der Waals surface area contributed by atoms with Gasteiger partial charge in [-0.2, -0.15) is 0 Å². The van der Waals surface area contributed by atoms with E-state index in [1.807, 2.05) is 4.90 Å². The van der Waals surface area contributed by atoms with Crippen molar-refractivity contribution in [2.75, 3.05) is 59.4 Å². The zero-order valence-corrected chi connectivity index (χ0v) is 18.9. The summed E-state index contributed by atoms with van der Waals surface area (Å²) in [5, 5.41) is 2.90. The Balaban J connectivity index is 1.43. The van der Waals surface area contributed by atoms with Crippen LogP contribution in [0.4, 0.5) is 5.69 Å². The highest BCUT2D eigenvalue weighted by Gasteiger charge is 2.25. The quantitative estimate of drug-likeness (QED) is 0.645. The molecule has 0 radical (unpaired) electrons. The molecule has 31 heavy (non-hydrogen) atoms. The van der Waals surface area contributed by atoms with Crippen LogP contribution in [0.1, 0.15) is 38.5 Å². The van der Waals surface area contributed by atoms with Crippen molar-refractivity contribution in [1.29, 1.82) is 0 Å². The first-order valence-corrected chi connectivity index (χ1v) is 11.1. The highest BCUT2D eigenvalue weighted by molar-refractivity contribution is 5.91. The van der Waals surface area contributed by atoms with E-state index in [0.717, 1.165) is 26.2 Å². The van der Waals surface area contributed by atoms with Gasteiger partial charge in [0.2, 0.25) is 17.6 Å². The number of benzene rings is 1. The maximum atomic E-state index is 12.5. The molecule has 3 rings (SSSR count). The lowest BCUT2D eigenvalue weighted by Gasteiger charge is -2.35. The number of methoxy groups -OCH3 is 3. The molecule has 1 heterocycles. The molecule has 0 bridgehead atoms. The number of nitrogens with zero attached hydrogens (tertiary/aromatic N) is 2. The van der Waals surface area contributed by atoms with Crippen LogP contribution in [0.2, 0.25) is 0 Å². The third kappa shape index (κ3) is 6.26. The first kappa shape index (κ1) is 23.2. The predicted octanol–water partition coefficient (Wildman–Crippen LogP) is 2.77. The Morgan fingerprint density at radius 1 is 0.968 bits per heavy atom. The SMILES string of the molecule is COc1cc(NC(=O)CCN2CCN(C(=O)CC3CCCC3)CC2)cc(OC)c1OC. The van der Waals surface area contributed by atoms with Crippen molar-refractivity contribution < 1.29 is 23.8 Å². The van der Waals surface area contributed by atoms with E-state index in [-0.39, 0.29) is 5.91 Å². The number of hydrogen-bond donors (Lipinski definition) is 1. The molecule has 172 valence electrons. The van der Waals surface area contributed by atoms with Gasteiger partial charge in [0.1, 0.15) is 0 Å². The van der Waals surface area contributed by atoms with E-state index in [9.17, 15) is 9.59 Å². The minimum atomic E-state index is -0.0750. The van der Waals surface area contributed by atoms with Crippen LogP contribution in [0.15, 0.2) is 12.1 Å². The molecule has 1 aliphatic heterocycles. The highest BCUT2D eigenvalue weighted by Crippen LogP contribution is 2.39. The van der Waals surface area contributed by atoms with Crippen LogP contribution in [-0.4, -0.2) is 75.7 Å². The summed E-state index contributed by atoms with van der Waals surface area (Å²) in [6, 6.07) is 3.43. The second-order valence-corrected chi connectivity index (χ2v) is 8.29. The van der Waals surface area contributed by atoms with Crippen molar-refractivity contribution >= 4 is 17.5 Å². The Kier molecular flexibility index (Phi) is 8.40. The first-order chi connectivity index (χ1) is 15.0. The van der Waals surface area contributed by atoms with E-state index in [1.165, 1.54) is 25.7 Å². The summed E-state index contributed by atoms with van der Waals surface area (Å²) in [5.41, 5.74) is 0.599. The molecule has 1 saturated carbocycles. The smallest absolute Gasteiger partial charge is 0.225 e. The van der Waals surface area contributed by atoms with E-state index < -0.39 is 0 Å². The van der Waals surface area contributed by atoms with Gasteiger partial charge in [0.25, 0.3) is 0 Å². The number of carbonyl (C=O) groups is 2. The molecule has 0 atom stereocenters. The van der Waals surface area contributed by atoms with Gasteiger partial charge in [0, 0.05) is 63.4 Å². The van der Waals surface area contributed by atoms with E-state index in [4.69, 9.17) is 14.2 Å². The van der Waals surface area contributed by atoms with E-state index >= 15 is 0 Å². The molecule has 1 N–H and O–H groups in total. The van der Waals surface area contributed by atoms with Crippen LogP contribution in [0.5, 0.6) is 17.2 Å². The maximum Gasteiger partial charge on any atom is 0.225 e. The van der Waals surface area contributed by atoms with Crippen molar-refractivity contribution in [3.05, 3.63) is 12.1 Å². The number of hydrogen-bond acceptors (Lipinski definition) is 6. The monoisotopic (exact) mass is 433 g/mol. The highest BCUT2D eigenvalue weighted by atomic mass is 16.5. The molecule has 1 aromatic carbocycles. The lowest BCUT2D eigenvalue weighted by Crippen LogP contribution is -2.49. The molecule has 0 unspecified atom stereocenters. The Bertz CT molecular complexity index is 731. The second-order valence-electron chi connectivity index (χ2n) is 8.29. The zero-order chi connectivity index (χ0) is 22.2. The standard InChI is InChI=1S/C23H35N3O5/c1-29-19-15-18(16-20(30-2)23(19)31-3)24-21(27)8-9-25-10-12-26(13-11-25)22(28)14-17-6-4-5-7-17/h15-17H,4-14H2,1-3H3,(H,24,27). The Hall–Kier alpha value is -2.48. The van der Waals surface area contributed by atoms with Crippen molar-refractivity contribution in [2.45, 2.75) is 38.5 Å². The van der Waals surface area contributed by atoms with E-state index in [0.29, 0.717) is 54.1 Å². The topological polar surface area (TPSA) is 80.3 Å². The third-order valence-corrected chi connectivity index (χ3v) is 6.27. The summed E-state index contributed by atoms with van der Waals surface area (Å²) in [4.78, 5) is 29.2. The number of ether oxygens (including phenoxy) is 3. The van der Waals surface area contributed by atoms with Crippen LogP contribution in [-0.2, 0) is 9.59 Å². The summed E-state index contributed by atoms with van der Waals surface area (Å²) in [6.07, 6.45) is 6.02. The van der Waals surface area contributed by atoms with Crippen LogP contribution in [0.25, 0.3) is 0 Å². The lowest BCUT2D eigenvalue weighted by atomic mass is 10.0. The number of amides is 2. The Morgan fingerprint density at radius 3 is 2.13 bits per heavy atom. The number of piperazine rings is 1. The summed E-state index contributed by atoms with van der Waals surface area (Å²) in [6.45, 7) is 3.79. The van der Waals surface area contributed by atoms with Crippen molar-refractivity contribution in [3.63, 3.8) is 0 Å². The van der Waals surface area contributed by atoms with Gasteiger partial charge in [0.15, 0.2) is 11.5 Å². The maximum absolute atomic E-state index is 12.5. The molecule has 8 nitrogen and oxygen atoms in total. The van der Waals surface area contributed by atoms with Crippen LogP contribution in [0.3, 0.4) is 0 Å². The molecule has 2 aliphatic rings. The number of rotatable bonds is 9. The average molecular weight is 434 g/mol. The van der Waals surface area contributed by atoms with E-state index in [2.05, 4.69) is 10.2 Å². The largest absolute Gasteiger partial charge is 0.493 e. The molecule has 2 amide bonds. The molecule has 1 aliphatic carbocycles. The number of carbonyl (C=O) groups excluding carboxylic acids is 2. The lowest BCUT2D eigenvalue weighted by molar-refractivity contribution is -0.134. The summed E-state index contributed by atoms with van der Waals surface area (Å²) in [7, 11) is 4.63. The van der Waals surface area contributed by atoms with Crippen molar-refractivity contribution in [1.82, 2.24) is 9.80 Å². The third-order valence-electron chi connectivity index (χ3n) is 6.27. The van der Waals surface area contributed by atoms with Gasteiger partial charge in [-0.15, -0.1) is 0 Å². The molecule has 0 aromatic heterocycles. The zero-order valence-electron chi connectivity index (χ0n) is 18.9. The fourth-order valence-corrected chi connectivity index (χ4v) is 4.45. The average Bonchev–Trinajstić information content (AvgIpc) is 3.30. The van der Waals surface area contributed by atoms with Gasteiger partial charge in [0.05, 0.1) is 21.3 Å². The fraction of sp³-hybridized carbons (Fsp3) is 0.652. The summed E-state index contributed by atoms with van der Waals surface area (Å²) >= 11 is 0. The minimum Gasteiger partial charge on any atom is -0.493 e. The number of nitrogens with one attached hydrogen (secondary N) is 1. The molecule has 8 heteroatoms. The van der Waals surface area contributed by atoms with Gasteiger partial charge in [-0.25, -0.2) is 0 Å². The van der Waals surface area contributed by atoms with E-state index in [1.54, 1.807) is 33.5 Å². The summed E-state index contributed by atoms with van der Waals surface area (Å²) in [5.74, 6) is 2.29. The fourth-order valence-electron chi connectivity index (χ4n) is 4.45. The first-order valence-electron chi connectivity index (χ1n) is 11.1. The van der Waals surface area contributed by atoms with Gasteiger partial charge >= 0.3 is 0 Å². The predicted molar refractivity (Wildman–Crippen MR) is 119 cm³/mol. The molecule has 2 fully saturated rings. The normalized spacial score (nSPS) is 17.5. The van der Waals surface area contributed by atoms with Crippen LogP contribution >= 0.6 is 0 Å². The minimum absolute atomic E-state index is 0.0750. The Labute approximate surface area is 184 Å². The summed E-state index contributed by atoms with van der Waals surface area (Å²) < 4.78 is 16.0. The molecular formula is C23H35N3O5. The second kappa shape index (κ2) is 11.2. The van der Waals surface area contributed by atoms with Gasteiger partial charge in [-0.1, -0.05) is 12.8 Å². The van der Waals surface area contributed by atoms with Crippen molar-refractivity contribution in [3.8, 4) is 17.2 Å². The number of anilines is 1. The Morgan fingerprint density at radius 2 is 1.58 bits per heavy atom. The van der Waals surface area contributed by atoms with Gasteiger partial charge in [-0.3, -0.25) is 14.5 Å².